The summed E-state index contributed by atoms with van der Waals surface area (Å²) in [5, 5.41) is 5.51. The van der Waals surface area contributed by atoms with Gasteiger partial charge in [0.15, 0.2) is 0 Å². The standard InChI is InChI=1S/C8H16N2O2/c1-6(4-5-11)10-8(12)7(2)9-3/h5-7,9H,4H2,1-3H3,(H,10,12)/t6?,7-/m0/s1. The molecule has 0 fully saturated rings. The number of aldehydes is 1. The van der Waals surface area contributed by atoms with Gasteiger partial charge in [-0.05, 0) is 20.9 Å². The Morgan fingerprint density at radius 3 is 2.50 bits per heavy atom. The molecule has 0 bridgehead atoms. The Labute approximate surface area is 72.7 Å². The number of likely N-dealkylation sites (N-methyl/N-ethyl adjacent to an activating group) is 1. The van der Waals surface area contributed by atoms with Crippen molar-refractivity contribution in [3.8, 4) is 0 Å². The minimum atomic E-state index is -0.209. The molecule has 0 aliphatic rings. The number of hydrogen-bond donors (Lipinski definition) is 2. The Bertz CT molecular complexity index is 159. The van der Waals surface area contributed by atoms with Crippen molar-refractivity contribution in [2.24, 2.45) is 0 Å². The van der Waals surface area contributed by atoms with Crippen molar-refractivity contribution >= 4 is 12.2 Å². The maximum atomic E-state index is 11.2. The van der Waals surface area contributed by atoms with E-state index in [1.54, 1.807) is 20.9 Å². The third-order valence-electron chi connectivity index (χ3n) is 1.66. The zero-order valence-corrected chi connectivity index (χ0v) is 7.76. The van der Waals surface area contributed by atoms with Crippen LogP contribution in [0.4, 0.5) is 0 Å². The summed E-state index contributed by atoms with van der Waals surface area (Å²) in [7, 11) is 1.72. The van der Waals surface area contributed by atoms with Crippen LogP contribution in [0.15, 0.2) is 0 Å². The Morgan fingerprint density at radius 1 is 1.50 bits per heavy atom. The number of hydrogen-bond acceptors (Lipinski definition) is 3. The summed E-state index contributed by atoms with van der Waals surface area (Å²) in [6.07, 6.45) is 1.16. The van der Waals surface area contributed by atoms with Crippen LogP contribution in [0.5, 0.6) is 0 Å². The molecule has 0 aliphatic carbocycles. The van der Waals surface area contributed by atoms with Crippen LogP contribution in [-0.4, -0.2) is 31.3 Å². The normalized spacial score (nSPS) is 14.9. The zero-order valence-electron chi connectivity index (χ0n) is 7.76. The second kappa shape index (κ2) is 5.71. The van der Waals surface area contributed by atoms with E-state index in [0.29, 0.717) is 6.42 Å². The summed E-state index contributed by atoms with van der Waals surface area (Å²) >= 11 is 0. The lowest BCUT2D eigenvalue weighted by Crippen LogP contribution is -2.44. The van der Waals surface area contributed by atoms with Crippen LogP contribution in [-0.2, 0) is 9.59 Å². The second-order valence-corrected chi connectivity index (χ2v) is 2.82. The molecule has 12 heavy (non-hydrogen) atoms. The van der Waals surface area contributed by atoms with Crippen LogP contribution < -0.4 is 10.6 Å². The number of amides is 1. The van der Waals surface area contributed by atoms with Gasteiger partial charge in [-0.1, -0.05) is 0 Å². The summed E-state index contributed by atoms with van der Waals surface area (Å²) < 4.78 is 0. The summed E-state index contributed by atoms with van der Waals surface area (Å²) in [5.41, 5.74) is 0. The Hall–Kier alpha value is -0.900. The number of carbonyl (C=O) groups excluding carboxylic acids is 2. The van der Waals surface area contributed by atoms with Gasteiger partial charge in [0, 0.05) is 12.5 Å². The average molecular weight is 172 g/mol. The molecule has 0 spiro atoms. The fourth-order valence-corrected chi connectivity index (χ4v) is 0.702. The first-order valence-corrected chi connectivity index (χ1v) is 4.03. The summed E-state index contributed by atoms with van der Waals surface area (Å²) in [5.74, 6) is -0.0770. The smallest absolute Gasteiger partial charge is 0.237 e. The van der Waals surface area contributed by atoms with E-state index in [9.17, 15) is 9.59 Å². The summed E-state index contributed by atoms with van der Waals surface area (Å²) in [6, 6.07) is -0.287. The summed E-state index contributed by atoms with van der Waals surface area (Å²) in [6.45, 7) is 3.57. The molecule has 0 radical (unpaired) electrons. The van der Waals surface area contributed by atoms with Gasteiger partial charge in [-0.15, -0.1) is 0 Å². The summed E-state index contributed by atoms with van der Waals surface area (Å²) in [4.78, 5) is 21.2. The molecule has 0 aliphatic heterocycles. The maximum absolute atomic E-state index is 11.2. The molecular formula is C8H16N2O2. The van der Waals surface area contributed by atoms with Crippen LogP contribution in [0.2, 0.25) is 0 Å². The van der Waals surface area contributed by atoms with Crippen molar-refractivity contribution in [3.05, 3.63) is 0 Å². The molecule has 0 rings (SSSR count). The van der Waals surface area contributed by atoms with E-state index in [0.717, 1.165) is 6.29 Å². The average Bonchev–Trinajstić information content (AvgIpc) is 2.03. The lowest BCUT2D eigenvalue weighted by atomic mass is 10.2. The van der Waals surface area contributed by atoms with E-state index in [1.165, 1.54) is 0 Å². The topological polar surface area (TPSA) is 58.2 Å². The van der Waals surface area contributed by atoms with Gasteiger partial charge >= 0.3 is 0 Å². The van der Waals surface area contributed by atoms with Gasteiger partial charge in [-0.2, -0.15) is 0 Å². The predicted molar refractivity (Wildman–Crippen MR) is 46.8 cm³/mol. The number of rotatable bonds is 5. The molecular weight excluding hydrogens is 156 g/mol. The number of nitrogens with one attached hydrogen (secondary N) is 2. The molecule has 1 unspecified atom stereocenters. The van der Waals surface area contributed by atoms with Gasteiger partial charge in [-0.25, -0.2) is 0 Å². The van der Waals surface area contributed by atoms with Crippen molar-refractivity contribution in [1.82, 2.24) is 10.6 Å². The lowest BCUT2D eigenvalue weighted by molar-refractivity contribution is -0.123. The first-order chi connectivity index (χ1) is 5.61. The van der Waals surface area contributed by atoms with Crippen LogP contribution in [0.1, 0.15) is 20.3 Å². The quantitative estimate of drug-likeness (QED) is 0.559. The van der Waals surface area contributed by atoms with Crippen molar-refractivity contribution in [2.75, 3.05) is 7.05 Å². The Morgan fingerprint density at radius 2 is 2.08 bits per heavy atom. The van der Waals surface area contributed by atoms with Gasteiger partial charge in [0.2, 0.25) is 5.91 Å². The largest absolute Gasteiger partial charge is 0.352 e. The van der Waals surface area contributed by atoms with Crippen LogP contribution in [0, 0.1) is 0 Å². The van der Waals surface area contributed by atoms with E-state index in [-0.39, 0.29) is 18.0 Å². The molecule has 4 heteroatoms. The molecule has 0 saturated heterocycles. The first-order valence-electron chi connectivity index (χ1n) is 4.03. The fourth-order valence-electron chi connectivity index (χ4n) is 0.702. The van der Waals surface area contributed by atoms with Crippen LogP contribution in [0.25, 0.3) is 0 Å². The third-order valence-corrected chi connectivity index (χ3v) is 1.66. The van der Waals surface area contributed by atoms with Crippen molar-refractivity contribution < 1.29 is 9.59 Å². The van der Waals surface area contributed by atoms with Gasteiger partial charge in [-0.3, -0.25) is 4.79 Å². The molecule has 4 nitrogen and oxygen atoms in total. The zero-order chi connectivity index (χ0) is 9.56. The highest BCUT2D eigenvalue weighted by atomic mass is 16.2. The van der Waals surface area contributed by atoms with Gasteiger partial charge in [0.25, 0.3) is 0 Å². The van der Waals surface area contributed by atoms with E-state index in [1.807, 2.05) is 0 Å². The van der Waals surface area contributed by atoms with E-state index < -0.39 is 0 Å². The third kappa shape index (κ3) is 4.08. The van der Waals surface area contributed by atoms with Crippen molar-refractivity contribution in [2.45, 2.75) is 32.4 Å². The van der Waals surface area contributed by atoms with Crippen molar-refractivity contribution in [1.29, 1.82) is 0 Å². The lowest BCUT2D eigenvalue weighted by Gasteiger charge is -2.14. The van der Waals surface area contributed by atoms with E-state index in [4.69, 9.17) is 0 Å². The van der Waals surface area contributed by atoms with Gasteiger partial charge in [0.1, 0.15) is 6.29 Å². The molecule has 70 valence electrons. The van der Waals surface area contributed by atoms with Crippen LogP contribution >= 0.6 is 0 Å². The highest BCUT2D eigenvalue weighted by Gasteiger charge is 2.11. The second-order valence-electron chi connectivity index (χ2n) is 2.82. The molecule has 0 aromatic heterocycles. The molecule has 0 aromatic carbocycles. The van der Waals surface area contributed by atoms with Gasteiger partial charge < -0.3 is 15.4 Å². The molecule has 0 saturated carbocycles. The highest BCUT2D eigenvalue weighted by molar-refractivity contribution is 5.81. The maximum Gasteiger partial charge on any atom is 0.237 e. The van der Waals surface area contributed by atoms with E-state index in [2.05, 4.69) is 10.6 Å². The monoisotopic (exact) mass is 172 g/mol. The molecule has 0 aromatic rings. The minimum absolute atomic E-state index is 0.0770. The van der Waals surface area contributed by atoms with Gasteiger partial charge in [0.05, 0.1) is 6.04 Å². The minimum Gasteiger partial charge on any atom is -0.352 e. The van der Waals surface area contributed by atoms with Crippen LogP contribution in [0.3, 0.4) is 0 Å². The highest BCUT2D eigenvalue weighted by Crippen LogP contribution is 1.88. The Balaban J connectivity index is 3.75. The molecule has 1 amide bonds. The Kier molecular flexibility index (Phi) is 5.28. The molecule has 2 atom stereocenters. The van der Waals surface area contributed by atoms with Crippen molar-refractivity contribution in [3.63, 3.8) is 0 Å². The fraction of sp³-hybridized carbons (Fsp3) is 0.750. The predicted octanol–water partition coefficient (Wildman–Crippen LogP) is -0.312. The molecule has 0 heterocycles. The number of carbonyl (C=O) groups is 2. The first kappa shape index (κ1) is 11.1. The SMILES string of the molecule is CN[C@@H](C)C(=O)NC(C)CC=O. The van der Waals surface area contributed by atoms with E-state index >= 15 is 0 Å². The molecule has 2 N–H and O–H groups in total.